The lowest BCUT2D eigenvalue weighted by atomic mass is 10.1. The average molecular weight is 418 g/mol. The van der Waals surface area contributed by atoms with Gasteiger partial charge in [0.2, 0.25) is 5.91 Å². The van der Waals surface area contributed by atoms with Crippen LogP contribution >= 0.6 is 0 Å². The van der Waals surface area contributed by atoms with Gasteiger partial charge in [-0.1, -0.05) is 0 Å². The Hall–Kier alpha value is -3.77. The van der Waals surface area contributed by atoms with E-state index in [0.29, 0.717) is 12.1 Å². The Bertz CT molecular complexity index is 850. The van der Waals surface area contributed by atoms with Crippen LogP contribution in [0.15, 0.2) is 36.4 Å². The molecule has 1 aliphatic heterocycles. The summed E-state index contributed by atoms with van der Waals surface area (Å²) < 4.78 is 0. The molecule has 1 aromatic carbocycles. The van der Waals surface area contributed by atoms with E-state index in [9.17, 15) is 24.0 Å². The molecule has 160 valence electrons. The van der Waals surface area contributed by atoms with Crippen LogP contribution in [0.25, 0.3) is 0 Å². The number of rotatable bonds is 9. The van der Waals surface area contributed by atoms with Crippen LogP contribution in [0, 0.1) is 0 Å². The van der Waals surface area contributed by atoms with Crippen molar-refractivity contribution in [2.75, 3.05) is 23.3 Å². The molecule has 0 saturated heterocycles. The second kappa shape index (κ2) is 10.1. The molecule has 0 saturated carbocycles. The number of urea groups is 1. The van der Waals surface area contributed by atoms with E-state index < -0.39 is 42.3 Å². The van der Waals surface area contributed by atoms with Crippen LogP contribution in [0.1, 0.15) is 12.8 Å². The summed E-state index contributed by atoms with van der Waals surface area (Å²) in [6.07, 6.45) is 2.76. The quantitative estimate of drug-likeness (QED) is 0.288. The number of nitrogens with two attached hydrogens (primary N) is 3. The fourth-order valence-corrected chi connectivity index (χ4v) is 2.84. The summed E-state index contributed by atoms with van der Waals surface area (Å²) >= 11 is 0. The van der Waals surface area contributed by atoms with Gasteiger partial charge < -0.3 is 21.6 Å². The summed E-state index contributed by atoms with van der Waals surface area (Å²) in [4.78, 5) is 65.2. The van der Waals surface area contributed by atoms with Crippen molar-refractivity contribution < 1.29 is 28.8 Å². The number of nitrogens with one attached hydrogen (secondary N) is 1. The van der Waals surface area contributed by atoms with Crippen molar-refractivity contribution in [2.24, 2.45) is 17.4 Å². The van der Waals surface area contributed by atoms with Crippen LogP contribution in [0.4, 0.5) is 16.2 Å². The summed E-state index contributed by atoms with van der Waals surface area (Å²) in [6.45, 7) is -0.160. The number of primary amides is 1. The number of nitrogens with zero attached hydrogens (tertiary/aromatic N) is 2. The van der Waals surface area contributed by atoms with Gasteiger partial charge in [-0.3, -0.25) is 24.2 Å². The third-order valence-electron chi connectivity index (χ3n) is 4.25. The second-order valence-corrected chi connectivity index (χ2v) is 6.28. The highest BCUT2D eigenvalue weighted by molar-refractivity contribution is 6.15. The topological polar surface area (TPSA) is 191 Å². The summed E-state index contributed by atoms with van der Waals surface area (Å²) in [5.41, 5.74) is 11.5. The van der Waals surface area contributed by atoms with Gasteiger partial charge in [0.1, 0.15) is 12.6 Å². The van der Waals surface area contributed by atoms with Gasteiger partial charge in [-0.05, 0) is 43.7 Å². The highest BCUT2D eigenvalue weighted by atomic mass is 16.7. The fraction of sp³-hybridized carbons (Fsp3) is 0.278. The molecule has 12 nitrogen and oxygen atoms in total. The zero-order valence-corrected chi connectivity index (χ0v) is 15.9. The molecule has 1 aromatic rings. The van der Waals surface area contributed by atoms with Crippen molar-refractivity contribution in [3.05, 3.63) is 36.4 Å². The minimum absolute atomic E-state index is 0.180. The monoisotopic (exact) mass is 418 g/mol. The van der Waals surface area contributed by atoms with E-state index in [0.717, 1.165) is 22.0 Å². The number of hydrogen-bond donors (Lipinski definition) is 4. The largest absolute Gasteiger partial charge is 0.372 e. The standard InChI is InChI=1S/C18H22N6O6/c19-9-1-2-13(17(28)30-21)24(18(20)29)12-5-3-11(4-6-12)22-14(25)10-23-15(26)7-8-16(23)27/h3-8,13H,1-2,9-10,19,21H2,(H2,20,29)(H,22,25)/t13-/m1/s1. The van der Waals surface area contributed by atoms with E-state index in [1.807, 2.05) is 0 Å². The molecule has 0 fully saturated rings. The van der Waals surface area contributed by atoms with Gasteiger partial charge in [0, 0.05) is 23.5 Å². The molecule has 7 N–H and O–H groups in total. The number of amides is 5. The molecular formula is C18H22N6O6. The predicted molar refractivity (Wildman–Crippen MR) is 105 cm³/mol. The number of carbonyl (C=O) groups excluding carboxylic acids is 5. The van der Waals surface area contributed by atoms with Gasteiger partial charge in [0.15, 0.2) is 0 Å². The Morgan fingerprint density at radius 1 is 1.10 bits per heavy atom. The SMILES string of the molecule is NCCC[C@H](C(=O)ON)N(C(N)=O)c1ccc(NC(=O)CN2C(=O)C=CC2=O)cc1. The first-order chi connectivity index (χ1) is 14.3. The maximum absolute atomic E-state index is 12.1. The van der Waals surface area contributed by atoms with Crippen LogP contribution in [0.2, 0.25) is 0 Å². The third kappa shape index (κ3) is 5.40. The first kappa shape index (κ1) is 22.5. The first-order valence-corrected chi connectivity index (χ1v) is 8.91. The summed E-state index contributed by atoms with van der Waals surface area (Å²) in [6, 6.07) is 3.85. The maximum atomic E-state index is 12.1. The highest BCUT2D eigenvalue weighted by Gasteiger charge is 2.31. The number of benzene rings is 1. The zero-order chi connectivity index (χ0) is 22.3. The van der Waals surface area contributed by atoms with Crippen LogP contribution in [-0.4, -0.2) is 53.8 Å². The van der Waals surface area contributed by atoms with E-state index in [2.05, 4.69) is 10.2 Å². The van der Waals surface area contributed by atoms with Gasteiger partial charge in [0.05, 0.1) is 0 Å². The Morgan fingerprint density at radius 2 is 1.70 bits per heavy atom. The van der Waals surface area contributed by atoms with Crippen molar-refractivity contribution in [1.82, 2.24) is 4.90 Å². The summed E-state index contributed by atoms with van der Waals surface area (Å²) in [5.74, 6) is 2.38. The molecule has 0 aromatic heterocycles. The molecule has 2 rings (SSSR count). The van der Waals surface area contributed by atoms with Crippen molar-refractivity contribution in [2.45, 2.75) is 18.9 Å². The molecule has 1 aliphatic rings. The number of hydrogen-bond acceptors (Lipinski definition) is 8. The van der Waals surface area contributed by atoms with Gasteiger partial charge in [-0.15, -0.1) is 0 Å². The number of carbonyl (C=O) groups is 5. The maximum Gasteiger partial charge on any atom is 0.347 e. The first-order valence-electron chi connectivity index (χ1n) is 8.91. The predicted octanol–water partition coefficient (Wildman–Crippen LogP) is -1.04. The van der Waals surface area contributed by atoms with Crippen molar-refractivity contribution in [3.8, 4) is 0 Å². The molecule has 0 bridgehead atoms. The Kier molecular flexibility index (Phi) is 7.61. The lowest BCUT2D eigenvalue weighted by Gasteiger charge is -2.28. The van der Waals surface area contributed by atoms with Gasteiger partial charge in [0.25, 0.3) is 11.8 Å². The minimum atomic E-state index is -1.07. The van der Waals surface area contributed by atoms with E-state index in [4.69, 9.17) is 17.4 Å². The Labute approximate surface area is 171 Å². The van der Waals surface area contributed by atoms with E-state index >= 15 is 0 Å². The summed E-state index contributed by atoms with van der Waals surface area (Å²) in [5, 5.41) is 2.53. The molecule has 0 unspecified atom stereocenters. The molecule has 0 radical (unpaired) electrons. The molecular weight excluding hydrogens is 396 g/mol. The molecule has 1 heterocycles. The summed E-state index contributed by atoms with van der Waals surface area (Å²) in [7, 11) is 0. The smallest absolute Gasteiger partial charge is 0.347 e. The molecule has 12 heteroatoms. The van der Waals surface area contributed by atoms with E-state index in [1.54, 1.807) is 0 Å². The highest BCUT2D eigenvalue weighted by Crippen LogP contribution is 2.22. The zero-order valence-electron chi connectivity index (χ0n) is 15.9. The van der Waals surface area contributed by atoms with Gasteiger partial charge in [-0.2, -0.15) is 5.90 Å². The van der Waals surface area contributed by atoms with E-state index in [1.165, 1.54) is 24.3 Å². The third-order valence-corrected chi connectivity index (χ3v) is 4.25. The Balaban J connectivity index is 2.11. The van der Waals surface area contributed by atoms with Crippen molar-refractivity contribution >= 4 is 41.1 Å². The molecule has 0 spiro atoms. The van der Waals surface area contributed by atoms with E-state index in [-0.39, 0.29) is 18.7 Å². The molecule has 1 atom stereocenters. The van der Waals surface area contributed by atoms with Gasteiger partial charge >= 0.3 is 12.0 Å². The average Bonchev–Trinajstić information content (AvgIpc) is 3.03. The molecule has 0 aliphatic carbocycles. The van der Waals surface area contributed by atoms with Crippen LogP contribution in [0.5, 0.6) is 0 Å². The normalized spacial score (nSPS) is 13.9. The lowest BCUT2D eigenvalue weighted by Crippen LogP contribution is -2.49. The van der Waals surface area contributed by atoms with Crippen LogP contribution in [0.3, 0.4) is 0 Å². The van der Waals surface area contributed by atoms with Crippen LogP contribution < -0.4 is 27.6 Å². The fourth-order valence-electron chi connectivity index (χ4n) is 2.84. The molecule has 30 heavy (non-hydrogen) atoms. The minimum Gasteiger partial charge on any atom is -0.372 e. The van der Waals surface area contributed by atoms with Crippen molar-refractivity contribution in [3.63, 3.8) is 0 Å². The van der Waals surface area contributed by atoms with Gasteiger partial charge in [-0.25, -0.2) is 9.59 Å². The number of imide groups is 1. The lowest BCUT2D eigenvalue weighted by molar-refractivity contribution is -0.146. The Morgan fingerprint density at radius 3 is 2.20 bits per heavy atom. The number of anilines is 2. The molecule has 5 amide bonds. The second-order valence-electron chi connectivity index (χ2n) is 6.28. The van der Waals surface area contributed by atoms with Crippen molar-refractivity contribution in [1.29, 1.82) is 0 Å². The van der Waals surface area contributed by atoms with Crippen LogP contribution in [-0.2, 0) is 24.0 Å².